The summed E-state index contributed by atoms with van der Waals surface area (Å²) in [6.45, 7) is 4.49. The Kier molecular flexibility index (Phi) is 2.83. The Morgan fingerprint density at radius 2 is 2.19 bits per heavy atom. The molecule has 112 valence electrons. The van der Waals surface area contributed by atoms with Crippen molar-refractivity contribution in [2.45, 2.75) is 25.4 Å². The van der Waals surface area contributed by atoms with Gasteiger partial charge in [0, 0.05) is 25.0 Å². The number of hydrogen-bond donors (Lipinski definition) is 0. The van der Waals surface area contributed by atoms with Crippen molar-refractivity contribution >= 4 is 17.5 Å². The van der Waals surface area contributed by atoms with E-state index >= 15 is 0 Å². The lowest BCUT2D eigenvalue weighted by atomic mass is 9.75. The maximum Gasteiger partial charge on any atom is 0.236 e. The van der Waals surface area contributed by atoms with Gasteiger partial charge in [0.1, 0.15) is 12.2 Å². The molecule has 5 rings (SSSR count). The van der Waals surface area contributed by atoms with Crippen LogP contribution in [0.5, 0.6) is 0 Å². The summed E-state index contributed by atoms with van der Waals surface area (Å²) in [7, 11) is 0. The van der Waals surface area contributed by atoms with Crippen molar-refractivity contribution in [2.24, 2.45) is 10.9 Å². The summed E-state index contributed by atoms with van der Waals surface area (Å²) in [5.41, 5.74) is 1.26. The van der Waals surface area contributed by atoms with Gasteiger partial charge in [-0.25, -0.2) is 9.98 Å². The number of aromatic nitrogens is 1. The molecule has 0 aromatic carbocycles. The van der Waals surface area contributed by atoms with Crippen molar-refractivity contribution in [3.63, 3.8) is 0 Å². The van der Waals surface area contributed by atoms with E-state index in [1.807, 2.05) is 13.0 Å². The second kappa shape index (κ2) is 4.41. The molecule has 3 saturated heterocycles. The second-order valence-corrected chi connectivity index (χ2v) is 6.95. The minimum Gasteiger partial charge on any atom is -0.633 e. The number of ether oxygens (including phenoxy) is 1. The molecular weight excluding hydrogens is 290 g/mol. The van der Waals surface area contributed by atoms with Crippen LogP contribution in [-0.4, -0.2) is 47.3 Å². The van der Waals surface area contributed by atoms with E-state index < -0.39 is 5.60 Å². The molecule has 2 bridgehead atoms. The molecule has 1 atom stereocenters. The number of piperidine rings is 3. The number of aliphatic imine (C=N–C) groups is 1. The van der Waals surface area contributed by atoms with Gasteiger partial charge in [-0.05, 0) is 18.6 Å². The molecular formula is C15H18ClN3O2. The van der Waals surface area contributed by atoms with E-state index in [4.69, 9.17) is 16.3 Å². The molecule has 1 aromatic rings. The maximum absolute atomic E-state index is 12.6. The Labute approximate surface area is 128 Å². The molecule has 0 radical (unpaired) electrons. The Morgan fingerprint density at radius 3 is 2.86 bits per heavy atom. The minimum atomic E-state index is -0.400. The number of quaternary nitrogens is 1. The zero-order chi connectivity index (χ0) is 14.7. The van der Waals surface area contributed by atoms with Crippen molar-refractivity contribution in [1.29, 1.82) is 0 Å². The second-order valence-electron chi connectivity index (χ2n) is 6.54. The molecule has 0 N–H and O–H groups in total. The lowest BCUT2D eigenvalue weighted by molar-refractivity contribution is -0.905. The van der Waals surface area contributed by atoms with Gasteiger partial charge in [0.2, 0.25) is 5.90 Å². The quantitative estimate of drug-likeness (QED) is 0.591. The van der Waals surface area contributed by atoms with Crippen LogP contribution in [0.3, 0.4) is 0 Å². The Bertz CT molecular complexity index is 625. The molecule has 0 aliphatic carbocycles. The highest BCUT2D eigenvalue weighted by atomic mass is 35.5. The normalized spacial score (nSPS) is 37.7. The molecule has 0 unspecified atom stereocenters. The third kappa shape index (κ3) is 2.06. The van der Waals surface area contributed by atoms with Gasteiger partial charge in [0.15, 0.2) is 5.60 Å². The molecule has 0 saturated carbocycles. The third-order valence-corrected chi connectivity index (χ3v) is 5.52. The van der Waals surface area contributed by atoms with Gasteiger partial charge in [-0.3, -0.25) is 0 Å². The average molecular weight is 308 g/mol. The van der Waals surface area contributed by atoms with Gasteiger partial charge in [-0.2, -0.15) is 0 Å². The molecule has 5 nitrogen and oxygen atoms in total. The molecule has 4 aliphatic heterocycles. The number of rotatable bonds is 1. The molecule has 5 heterocycles. The van der Waals surface area contributed by atoms with Gasteiger partial charge in [-0.1, -0.05) is 11.6 Å². The zero-order valence-electron chi connectivity index (χ0n) is 12.0. The number of hydroxylamine groups is 3. The van der Waals surface area contributed by atoms with Crippen LogP contribution in [0.25, 0.3) is 0 Å². The summed E-state index contributed by atoms with van der Waals surface area (Å²) >= 11 is 6.01. The summed E-state index contributed by atoms with van der Waals surface area (Å²) in [5, 5.41) is 13.2. The summed E-state index contributed by atoms with van der Waals surface area (Å²) in [6, 6.07) is 1.89. The van der Waals surface area contributed by atoms with Crippen LogP contribution in [0.15, 0.2) is 17.3 Å². The van der Waals surface area contributed by atoms with Gasteiger partial charge in [0.05, 0.1) is 24.7 Å². The average Bonchev–Trinajstić information content (AvgIpc) is 2.86. The maximum atomic E-state index is 12.6. The third-order valence-electron chi connectivity index (χ3n) is 5.13. The summed E-state index contributed by atoms with van der Waals surface area (Å²) in [4.78, 5) is 8.85. The number of aryl methyl sites for hydroxylation is 1. The fourth-order valence-electron chi connectivity index (χ4n) is 3.89. The van der Waals surface area contributed by atoms with E-state index in [0.29, 0.717) is 35.6 Å². The molecule has 4 aliphatic rings. The Hall–Kier alpha value is -1.17. The molecule has 3 fully saturated rings. The highest BCUT2D eigenvalue weighted by Gasteiger charge is 2.56. The molecule has 1 aromatic heterocycles. The zero-order valence-corrected chi connectivity index (χ0v) is 12.8. The fourth-order valence-corrected chi connectivity index (χ4v) is 3.99. The van der Waals surface area contributed by atoms with Crippen LogP contribution in [0.4, 0.5) is 0 Å². The highest BCUT2D eigenvalue weighted by molar-refractivity contribution is 6.31. The summed E-state index contributed by atoms with van der Waals surface area (Å²) in [5.74, 6) is 1.01. The predicted octanol–water partition coefficient (Wildman–Crippen LogP) is 2.30. The van der Waals surface area contributed by atoms with Gasteiger partial charge in [-0.15, -0.1) is 0 Å². The van der Waals surface area contributed by atoms with Crippen LogP contribution in [0.1, 0.15) is 24.1 Å². The summed E-state index contributed by atoms with van der Waals surface area (Å²) < 4.78 is 6.08. The predicted molar refractivity (Wildman–Crippen MR) is 80.2 cm³/mol. The molecule has 21 heavy (non-hydrogen) atoms. The lowest BCUT2D eigenvalue weighted by Gasteiger charge is -2.58. The van der Waals surface area contributed by atoms with Crippen molar-refractivity contribution in [3.8, 4) is 0 Å². The van der Waals surface area contributed by atoms with Crippen LogP contribution in [0.2, 0.25) is 5.02 Å². The topological polar surface area (TPSA) is 57.5 Å². The Morgan fingerprint density at radius 1 is 1.43 bits per heavy atom. The number of nitrogens with zero attached hydrogens (tertiary/aromatic N) is 3. The standard InChI is InChI=1S/C15H18ClN3O2/c1-10-6-13(17-7-12(10)16)14-18-8-15(21-14)9-19(20)4-2-11(15)3-5-19/h6-7,11H,2-5,8-9H2,1H3/t11?,15-,19?/m0/s1. The van der Waals surface area contributed by atoms with Crippen LogP contribution < -0.4 is 0 Å². The van der Waals surface area contributed by atoms with Crippen molar-refractivity contribution in [3.05, 3.63) is 33.8 Å². The number of halogens is 1. The van der Waals surface area contributed by atoms with Crippen LogP contribution in [-0.2, 0) is 4.74 Å². The molecule has 6 heteroatoms. The van der Waals surface area contributed by atoms with E-state index in [2.05, 4.69) is 9.98 Å². The van der Waals surface area contributed by atoms with Crippen molar-refractivity contribution < 1.29 is 9.38 Å². The van der Waals surface area contributed by atoms with Gasteiger partial charge >= 0.3 is 0 Å². The number of pyridine rings is 1. The Balaban J connectivity index is 1.60. The van der Waals surface area contributed by atoms with E-state index in [9.17, 15) is 5.21 Å². The fraction of sp³-hybridized carbons (Fsp3) is 0.600. The van der Waals surface area contributed by atoms with Gasteiger partial charge in [0.25, 0.3) is 0 Å². The lowest BCUT2D eigenvalue weighted by Crippen LogP contribution is -2.67. The smallest absolute Gasteiger partial charge is 0.236 e. The largest absolute Gasteiger partial charge is 0.633 e. The van der Waals surface area contributed by atoms with E-state index in [0.717, 1.165) is 31.5 Å². The van der Waals surface area contributed by atoms with Gasteiger partial charge < -0.3 is 14.6 Å². The SMILES string of the molecule is Cc1cc(C2=NC[C@@]3(C[N+]4([O-])CCC3CC4)O2)ncc1Cl. The molecule has 0 amide bonds. The van der Waals surface area contributed by atoms with Crippen molar-refractivity contribution in [2.75, 3.05) is 26.2 Å². The summed E-state index contributed by atoms with van der Waals surface area (Å²) in [6.07, 6.45) is 3.51. The van der Waals surface area contributed by atoms with E-state index in [1.165, 1.54) is 0 Å². The van der Waals surface area contributed by atoms with E-state index in [-0.39, 0.29) is 4.65 Å². The number of hydrogen-bond acceptors (Lipinski definition) is 4. The monoisotopic (exact) mass is 307 g/mol. The van der Waals surface area contributed by atoms with E-state index in [1.54, 1.807) is 6.20 Å². The first-order valence-electron chi connectivity index (χ1n) is 7.43. The van der Waals surface area contributed by atoms with Crippen LogP contribution in [0, 0.1) is 18.0 Å². The minimum absolute atomic E-state index is 0.119. The highest BCUT2D eigenvalue weighted by Crippen LogP contribution is 2.44. The van der Waals surface area contributed by atoms with Crippen LogP contribution >= 0.6 is 11.6 Å². The first kappa shape index (κ1) is 13.5. The first-order chi connectivity index (χ1) is 10.00. The molecule has 1 spiro atoms. The van der Waals surface area contributed by atoms with Crippen molar-refractivity contribution in [1.82, 2.24) is 4.98 Å². The first-order valence-corrected chi connectivity index (χ1v) is 7.81. The number of fused-ring (bicyclic) bond motifs is 2.